The van der Waals surface area contributed by atoms with E-state index in [0.29, 0.717) is 34.3 Å². The Morgan fingerprint density at radius 3 is 1.59 bits per heavy atom. The molecule has 59 heavy (non-hydrogen) atoms. The van der Waals surface area contributed by atoms with Crippen LogP contribution < -0.4 is 14.2 Å². The Balaban J connectivity index is 1.12. The molecule has 0 bridgehead atoms. The van der Waals surface area contributed by atoms with E-state index < -0.39 is 20.4 Å². The van der Waals surface area contributed by atoms with Gasteiger partial charge in [0.2, 0.25) is 0 Å². The summed E-state index contributed by atoms with van der Waals surface area (Å²) in [7, 11) is 0. The molecule has 10 rings (SSSR count). The molecule has 9 aromatic rings. The van der Waals surface area contributed by atoms with Gasteiger partial charge in [-0.05, 0) is 0 Å². The second-order valence-corrected chi connectivity index (χ2v) is 17.7. The van der Waals surface area contributed by atoms with Gasteiger partial charge < -0.3 is 0 Å². The summed E-state index contributed by atoms with van der Waals surface area (Å²) in [6, 6.07) is 61.8. The van der Waals surface area contributed by atoms with Gasteiger partial charge in [0.1, 0.15) is 0 Å². The van der Waals surface area contributed by atoms with E-state index >= 15 is 0 Å². The van der Waals surface area contributed by atoms with Gasteiger partial charge in [0.25, 0.3) is 0 Å². The molecule has 0 radical (unpaired) electrons. The standard InChI is InChI=1S/C51H35IN6O/c1-33-34(2)59-46-43(33)30-31-44(36-26-28-39(29-27-36)49-54-47(37-18-9-4-10-19-37)53-48(55-49)38-20-11-5-12-21-38)45(46)51-56-50(57-52(58-51)42-24-13-6-14-25-42)41-23-15-22-40(32-41)35-16-7-3-8-17-35/h3-32H,1-2H2,(H,56,57,58). The normalized spacial score (nSPS) is 13.1. The summed E-state index contributed by atoms with van der Waals surface area (Å²) in [5.41, 5.74) is 9.78. The fourth-order valence-electron chi connectivity index (χ4n) is 7.12. The zero-order valence-electron chi connectivity index (χ0n) is 31.8. The number of halogens is 1. The molecule has 2 aromatic heterocycles. The molecule has 0 aliphatic carbocycles. The maximum absolute atomic E-state index is 6.45. The molecular weight excluding hydrogens is 840 g/mol. The number of nitrogens with zero attached hydrogens (tertiary/aromatic N) is 5. The number of aliphatic imine (C=N–C) groups is 1. The fourth-order valence-corrected chi connectivity index (χ4v) is 10.7. The molecule has 0 unspecified atom stereocenters. The van der Waals surface area contributed by atoms with Gasteiger partial charge in [-0.2, -0.15) is 0 Å². The first kappa shape index (κ1) is 36.1. The van der Waals surface area contributed by atoms with Crippen molar-refractivity contribution in [2.45, 2.75) is 0 Å². The van der Waals surface area contributed by atoms with E-state index in [1.807, 2.05) is 72.8 Å². The van der Waals surface area contributed by atoms with E-state index in [2.05, 4.69) is 126 Å². The number of fused-ring (bicyclic) bond motifs is 1. The second-order valence-electron chi connectivity index (χ2n) is 14.0. The second kappa shape index (κ2) is 15.6. The minimum atomic E-state index is -2.46. The van der Waals surface area contributed by atoms with Gasteiger partial charge >= 0.3 is 290 Å². The van der Waals surface area contributed by atoms with E-state index in [4.69, 9.17) is 27.6 Å². The van der Waals surface area contributed by atoms with Crippen LogP contribution in [0.2, 0.25) is 0 Å². The van der Waals surface area contributed by atoms with Gasteiger partial charge in [-0.15, -0.1) is 0 Å². The topological polar surface area (TPSA) is 88.6 Å². The van der Waals surface area contributed by atoms with Crippen molar-refractivity contribution in [2.24, 2.45) is 8.20 Å². The number of amidine groups is 2. The van der Waals surface area contributed by atoms with Crippen LogP contribution in [0.1, 0.15) is 11.1 Å². The van der Waals surface area contributed by atoms with E-state index in [9.17, 15) is 0 Å². The number of furan rings is 1. The molecule has 0 amide bonds. The van der Waals surface area contributed by atoms with Gasteiger partial charge in [0.15, 0.2) is 0 Å². The van der Waals surface area contributed by atoms with Crippen LogP contribution in [0, 0.1) is 3.57 Å². The number of hydrogen-bond acceptors (Lipinski definition) is 7. The summed E-state index contributed by atoms with van der Waals surface area (Å²) >= 11 is -2.46. The third-order valence-corrected chi connectivity index (χ3v) is 14.0. The average molecular weight is 875 g/mol. The Kier molecular flexibility index (Phi) is 9.52. The molecular formula is C51H35IN6O. The van der Waals surface area contributed by atoms with E-state index in [1.165, 1.54) is 0 Å². The first-order chi connectivity index (χ1) is 29.1. The van der Waals surface area contributed by atoms with Crippen LogP contribution in [0.5, 0.6) is 0 Å². The molecule has 1 aliphatic heterocycles. The molecule has 1 aliphatic rings. The van der Waals surface area contributed by atoms with Crippen LogP contribution in [-0.4, -0.2) is 26.6 Å². The Morgan fingerprint density at radius 2 is 0.983 bits per heavy atom. The SMILES string of the molecule is C=c1oc2c(C3=NI(c4ccccc4)NC(c4cccc(-c5ccccc5)c4)=N3)c(-c3ccc(-c4nc(-c5ccccc5)nc(-c5ccccc5)n4)cc3)ccc2c1=C. The molecule has 282 valence electrons. The molecule has 7 nitrogen and oxygen atoms in total. The Labute approximate surface area is 349 Å². The Morgan fingerprint density at radius 1 is 0.475 bits per heavy atom. The monoisotopic (exact) mass is 874 g/mol. The molecule has 1 N–H and O–H groups in total. The molecule has 7 aromatic carbocycles. The van der Waals surface area contributed by atoms with Crippen molar-refractivity contribution < 1.29 is 4.42 Å². The summed E-state index contributed by atoms with van der Waals surface area (Å²) < 4.78 is 16.9. The van der Waals surface area contributed by atoms with Crippen LogP contribution in [0.4, 0.5) is 0 Å². The minimum absolute atomic E-state index is 0.514. The average Bonchev–Trinajstić information content (AvgIpc) is 3.61. The van der Waals surface area contributed by atoms with Crippen LogP contribution in [0.15, 0.2) is 195 Å². The van der Waals surface area contributed by atoms with Crippen LogP contribution in [-0.2, 0) is 0 Å². The summed E-state index contributed by atoms with van der Waals surface area (Å²) in [5, 5.41) is 1.62. The van der Waals surface area contributed by atoms with E-state index in [1.54, 1.807) is 0 Å². The van der Waals surface area contributed by atoms with Gasteiger partial charge in [-0.3, -0.25) is 0 Å². The van der Waals surface area contributed by atoms with Crippen LogP contribution >= 0.6 is 20.4 Å². The zero-order valence-corrected chi connectivity index (χ0v) is 33.9. The number of benzene rings is 7. The number of nitrogens with one attached hydrogen (secondary N) is 1. The van der Waals surface area contributed by atoms with Crippen LogP contribution in [0.3, 0.4) is 0 Å². The number of rotatable bonds is 8. The van der Waals surface area contributed by atoms with Crippen molar-refractivity contribution in [3.05, 3.63) is 207 Å². The van der Waals surface area contributed by atoms with Crippen molar-refractivity contribution >= 4 is 56.2 Å². The molecule has 0 saturated carbocycles. The van der Waals surface area contributed by atoms with Crippen molar-refractivity contribution in [1.29, 1.82) is 0 Å². The summed E-state index contributed by atoms with van der Waals surface area (Å²) in [4.78, 5) is 20.1. The molecule has 0 atom stereocenters. The van der Waals surface area contributed by atoms with Gasteiger partial charge in [-0.1, -0.05) is 60.7 Å². The molecule has 8 heteroatoms. The van der Waals surface area contributed by atoms with Crippen LogP contribution in [0.25, 0.3) is 80.5 Å². The maximum atomic E-state index is 6.45. The Hall–Kier alpha value is -7.30. The third kappa shape index (κ3) is 7.15. The predicted octanol–water partition coefficient (Wildman–Crippen LogP) is 10.8. The summed E-state index contributed by atoms with van der Waals surface area (Å²) in [5.74, 6) is 3.19. The number of hydrogen-bond donors (Lipinski definition) is 1. The van der Waals surface area contributed by atoms with Crippen molar-refractivity contribution in [1.82, 2.24) is 18.5 Å². The van der Waals surface area contributed by atoms with Crippen molar-refractivity contribution in [2.75, 3.05) is 0 Å². The summed E-state index contributed by atoms with van der Waals surface area (Å²) in [6.07, 6.45) is 0. The summed E-state index contributed by atoms with van der Waals surface area (Å²) in [6.45, 7) is 8.50. The number of aromatic nitrogens is 3. The first-order valence-electron chi connectivity index (χ1n) is 19.1. The predicted molar refractivity (Wildman–Crippen MR) is 249 cm³/mol. The van der Waals surface area contributed by atoms with Gasteiger partial charge in [-0.25, -0.2) is 0 Å². The van der Waals surface area contributed by atoms with Gasteiger partial charge in [0.05, 0.1) is 0 Å². The van der Waals surface area contributed by atoms with Crippen molar-refractivity contribution in [3.8, 4) is 56.4 Å². The van der Waals surface area contributed by atoms with Crippen molar-refractivity contribution in [3.63, 3.8) is 0 Å². The third-order valence-electron chi connectivity index (χ3n) is 10.2. The molecule has 0 fully saturated rings. The molecule has 3 heterocycles. The Bertz CT molecular complexity index is 3090. The van der Waals surface area contributed by atoms with E-state index in [-0.39, 0.29) is 0 Å². The quantitative estimate of drug-likeness (QED) is 0.121. The molecule has 0 spiro atoms. The zero-order chi connectivity index (χ0) is 39.7. The fraction of sp³-hybridized carbons (Fsp3) is 0. The van der Waals surface area contributed by atoms with E-state index in [0.717, 1.165) is 70.1 Å². The first-order valence-corrected chi connectivity index (χ1v) is 22.2. The molecule has 0 saturated heterocycles. The van der Waals surface area contributed by atoms with Gasteiger partial charge in [0, 0.05) is 0 Å².